The van der Waals surface area contributed by atoms with Crippen LogP contribution in [0.2, 0.25) is 0 Å². The fraction of sp³-hybridized carbons (Fsp3) is 0.118. The molecule has 6 heteroatoms. The Hall–Kier alpha value is -3.02. The molecule has 0 saturated heterocycles. The summed E-state index contributed by atoms with van der Waals surface area (Å²) in [6.45, 7) is 0.212. The minimum absolute atomic E-state index is 0.0264. The van der Waals surface area contributed by atoms with Crippen LogP contribution in [0.15, 0.2) is 53.6 Å². The summed E-state index contributed by atoms with van der Waals surface area (Å²) < 4.78 is 15.0. The Bertz CT molecular complexity index is 936. The third-order valence-electron chi connectivity index (χ3n) is 3.55. The zero-order chi connectivity index (χ0) is 16.4. The van der Waals surface area contributed by atoms with E-state index in [4.69, 9.17) is 0 Å². The number of hydrogen-bond acceptors (Lipinski definition) is 3. The van der Waals surface area contributed by atoms with Crippen molar-refractivity contribution in [2.45, 2.75) is 6.54 Å². The maximum Gasteiger partial charge on any atom is 0.257 e. The molecule has 0 fully saturated rings. The van der Waals surface area contributed by atoms with E-state index in [1.165, 1.54) is 18.3 Å². The van der Waals surface area contributed by atoms with Crippen LogP contribution in [0.1, 0.15) is 16.1 Å². The highest BCUT2D eigenvalue weighted by Crippen LogP contribution is 2.12. The quantitative estimate of drug-likeness (QED) is 0.804. The minimum Gasteiger partial charge on any atom is -0.350 e. The van der Waals surface area contributed by atoms with E-state index in [9.17, 15) is 14.0 Å². The van der Waals surface area contributed by atoms with Crippen molar-refractivity contribution in [3.05, 3.63) is 76.1 Å². The van der Waals surface area contributed by atoms with Crippen LogP contribution in [-0.4, -0.2) is 15.5 Å². The van der Waals surface area contributed by atoms with E-state index in [2.05, 4.69) is 10.3 Å². The van der Waals surface area contributed by atoms with E-state index < -0.39 is 17.2 Å². The van der Waals surface area contributed by atoms with Gasteiger partial charge in [-0.05, 0) is 30.3 Å². The minimum atomic E-state index is -0.513. The molecule has 0 aliphatic carbocycles. The number of carbonyl (C=O) groups excluding carboxylic acids is 1. The van der Waals surface area contributed by atoms with Gasteiger partial charge in [0.2, 0.25) is 5.43 Å². The van der Waals surface area contributed by atoms with Crippen molar-refractivity contribution in [1.29, 1.82) is 0 Å². The number of hydrogen-bond donors (Lipinski definition) is 1. The summed E-state index contributed by atoms with van der Waals surface area (Å²) in [5, 5.41) is 2.83. The van der Waals surface area contributed by atoms with Gasteiger partial charge in [-0.25, -0.2) is 4.39 Å². The lowest BCUT2D eigenvalue weighted by Crippen LogP contribution is -2.29. The van der Waals surface area contributed by atoms with Crippen LogP contribution in [0, 0.1) is 5.82 Å². The molecular weight excluding hydrogens is 297 g/mol. The number of amides is 1. The molecule has 23 heavy (non-hydrogen) atoms. The first-order valence-electron chi connectivity index (χ1n) is 7.03. The van der Waals surface area contributed by atoms with Crippen molar-refractivity contribution >= 4 is 16.8 Å². The second kappa shape index (κ2) is 6.00. The van der Waals surface area contributed by atoms with E-state index in [0.717, 1.165) is 6.07 Å². The molecule has 0 spiro atoms. The Morgan fingerprint density at radius 3 is 2.87 bits per heavy atom. The van der Waals surface area contributed by atoms with Crippen molar-refractivity contribution in [3.63, 3.8) is 0 Å². The molecule has 2 heterocycles. The first-order valence-corrected chi connectivity index (χ1v) is 7.03. The van der Waals surface area contributed by atoms with E-state index in [0.29, 0.717) is 11.2 Å². The smallest absolute Gasteiger partial charge is 0.257 e. The first-order chi connectivity index (χ1) is 11.1. The zero-order valence-electron chi connectivity index (χ0n) is 12.4. The largest absolute Gasteiger partial charge is 0.350 e. The highest BCUT2D eigenvalue weighted by molar-refractivity contribution is 5.97. The van der Waals surface area contributed by atoms with Crippen molar-refractivity contribution in [1.82, 2.24) is 14.9 Å². The van der Waals surface area contributed by atoms with Crippen molar-refractivity contribution in [2.75, 3.05) is 0 Å². The summed E-state index contributed by atoms with van der Waals surface area (Å²) in [7, 11) is 1.70. The van der Waals surface area contributed by atoms with Gasteiger partial charge in [-0.2, -0.15) is 0 Å². The maximum absolute atomic E-state index is 13.4. The summed E-state index contributed by atoms with van der Waals surface area (Å²) >= 11 is 0. The number of aromatic nitrogens is 2. The average Bonchev–Trinajstić information content (AvgIpc) is 2.56. The second-order valence-electron chi connectivity index (χ2n) is 5.15. The van der Waals surface area contributed by atoms with Gasteiger partial charge in [0.15, 0.2) is 0 Å². The van der Waals surface area contributed by atoms with Crippen molar-refractivity contribution < 1.29 is 9.18 Å². The number of nitrogens with one attached hydrogen (secondary N) is 1. The van der Waals surface area contributed by atoms with Crippen molar-refractivity contribution in [3.8, 4) is 0 Å². The van der Waals surface area contributed by atoms with Gasteiger partial charge in [0.25, 0.3) is 5.91 Å². The lowest BCUT2D eigenvalue weighted by Gasteiger charge is -2.09. The molecule has 0 bridgehead atoms. The van der Waals surface area contributed by atoms with Crippen LogP contribution in [0.25, 0.3) is 10.9 Å². The molecule has 3 aromatic rings. The lowest BCUT2D eigenvalue weighted by atomic mass is 10.1. The van der Waals surface area contributed by atoms with Gasteiger partial charge in [-0.3, -0.25) is 14.6 Å². The summed E-state index contributed by atoms with van der Waals surface area (Å²) in [6.07, 6.45) is 3.08. The Morgan fingerprint density at radius 2 is 2.13 bits per heavy atom. The molecule has 0 saturated carbocycles. The first kappa shape index (κ1) is 14.9. The number of halogens is 1. The van der Waals surface area contributed by atoms with Crippen LogP contribution in [0.5, 0.6) is 0 Å². The van der Waals surface area contributed by atoms with Gasteiger partial charge in [0.05, 0.1) is 17.8 Å². The highest BCUT2D eigenvalue weighted by Gasteiger charge is 2.15. The third-order valence-corrected chi connectivity index (χ3v) is 3.55. The van der Waals surface area contributed by atoms with E-state index in [-0.39, 0.29) is 17.5 Å². The molecule has 0 aliphatic rings. The van der Waals surface area contributed by atoms with E-state index in [1.54, 1.807) is 29.9 Å². The summed E-state index contributed by atoms with van der Waals surface area (Å²) in [4.78, 5) is 28.8. The maximum atomic E-state index is 13.4. The van der Waals surface area contributed by atoms with Gasteiger partial charge in [0.1, 0.15) is 11.4 Å². The monoisotopic (exact) mass is 311 g/mol. The number of carbonyl (C=O) groups is 1. The molecule has 1 aromatic carbocycles. The van der Waals surface area contributed by atoms with Crippen molar-refractivity contribution in [2.24, 2.45) is 7.05 Å². The molecule has 0 radical (unpaired) electrons. The van der Waals surface area contributed by atoms with Crippen LogP contribution in [0.4, 0.5) is 4.39 Å². The van der Waals surface area contributed by atoms with Gasteiger partial charge in [-0.1, -0.05) is 6.07 Å². The SMILES string of the molecule is Cn1cc(C(=O)NCc2ccccn2)c(=O)c2cc(F)ccc21. The second-order valence-corrected chi connectivity index (χ2v) is 5.15. The summed E-state index contributed by atoms with van der Waals surface area (Å²) in [5.41, 5.74) is 0.736. The Kier molecular flexibility index (Phi) is 3.89. The topological polar surface area (TPSA) is 64.0 Å². The predicted octanol–water partition coefficient (Wildman–Crippen LogP) is 2.00. The molecule has 0 atom stereocenters. The average molecular weight is 311 g/mol. The zero-order valence-corrected chi connectivity index (χ0v) is 12.4. The summed E-state index contributed by atoms with van der Waals surface area (Å²) in [5.74, 6) is -1.02. The van der Waals surface area contributed by atoms with Gasteiger partial charge < -0.3 is 9.88 Å². The van der Waals surface area contributed by atoms with Crippen LogP contribution < -0.4 is 10.7 Å². The molecule has 1 amide bonds. The van der Waals surface area contributed by atoms with Crippen LogP contribution in [-0.2, 0) is 13.6 Å². The number of benzene rings is 1. The van der Waals surface area contributed by atoms with E-state index in [1.807, 2.05) is 6.07 Å². The number of pyridine rings is 2. The normalized spacial score (nSPS) is 10.7. The predicted molar refractivity (Wildman–Crippen MR) is 84.6 cm³/mol. The van der Waals surface area contributed by atoms with Gasteiger partial charge in [-0.15, -0.1) is 0 Å². The van der Waals surface area contributed by atoms with Gasteiger partial charge >= 0.3 is 0 Å². The van der Waals surface area contributed by atoms with Gasteiger partial charge in [0, 0.05) is 24.8 Å². The molecule has 0 unspecified atom stereocenters. The molecular formula is C17H14FN3O2. The number of aryl methyl sites for hydroxylation is 1. The number of rotatable bonds is 3. The molecule has 1 N–H and O–H groups in total. The fourth-order valence-corrected chi connectivity index (χ4v) is 2.40. The Balaban J connectivity index is 1.94. The molecule has 3 rings (SSSR count). The third kappa shape index (κ3) is 2.96. The Morgan fingerprint density at radius 1 is 1.30 bits per heavy atom. The molecule has 116 valence electrons. The molecule has 2 aromatic heterocycles. The molecule has 5 nitrogen and oxygen atoms in total. The standard InChI is InChI=1S/C17H14FN3O2/c1-21-10-14(16(22)13-8-11(18)5-6-15(13)21)17(23)20-9-12-4-2-3-7-19-12/h2-8,10H,9H2,1H3,(H,20,23). The molecule has 0 aliphatic heterocycles. The Labute approximate surface area is 131 Å². The van der Waals surface area contributed by atoms with Crippen LogP contribution in [0.3, 0.4) is 0 Å². The van der Waals surface area contributed by atoms with E-state index >= 15 is 0 Å². The number of fused-ring (bicyclic) bond motifs is 1. The fourth-order valence-electron chi connectivity index (χ4n) is 2.40. The number of nitrogens with zero attached hydrogens (tertiary/aromatic N) is 2. The lowest BCUT2D eigenvalue weighted by molar-refractivity contribution is 0.0949. The highest BCUT2D eigenvalue weighted by atomic mass is 19.1. The summed E-state index contributed by atoms with van der Waals surface area (Å²) in [6, 6.07) is 9.30. The van der Waals surface area contributed by atoms with Crippen LogP contribution >= 0.6 is 0 Å².